The number of carbonyl (C=O) groups is 1. The maximum atomic E-state index is 12.6. The number of carbonyl (C=O) groups excluding carboxylic acids is 1. The van der Waals surface area contributed by atoms with Crippen molar-refractivity contribution < 1.29 is 22.7 Å². The van der Waals surface area contributed by atoms with Gasteiger partial charge in [0.15, 0.2) is 21.3 Å². The highest BCUT2D eigenvalue weighted by molar-refractivity contribution is 7.89. The molecule has 9 heteroatoms. The summed E-state index contributed by atoms with van der Waals surface area (Å²) in [7, 11) is -3.44. The van der Waals surface area contributed by atoms with E-state index >= 15 is 0 Å². The van der Waals surface area contributed by atoms with Crippen LogP contribution in [0.15, 0.2) is 18.2 Å². The highest BCUT2D eigenvalue weighted by atomic mass is 32.2. The molecule has 0 radical (unpaired) electrons. The van der Waals surface area contributed by atoms with E-state index in [0.29, 0.717) is 17.0 Å². The van der Waals surface area contributed by atoms with E-state index in [4.69, 9.17) is 14.7 Å². The van der Waals surface area contributed by atoms with Crippen LogP contribution in [0.3, 0.4) is 0 Å². The number of nitriles is 1. The topological polar surface area (TPSA) is 111 Å². The zero-order valence-electron chi connectivity index (χ0n) is 15.9. The summed E-state index contributed by atoms with van der Waals surface area (Å²) in [5, 5.41) is 13.5. The fourth-order valence-electron chi connectivity index (χ4n) is 2.84. The van der Waals surface area contributed by atoms with Gasteiger partial charge in [-0.1, -0.05) is 0 Å². The van der Waals surface area contributed by atoms with Crippen LogP contribution in [0.4, 0.5) is 0 Å². The molecule has 1 heterocycles. The third kappa shape index (κ3) is 4.34. The number of aryl methyl sites for hydroxylation is 1. The first kappa shape index (κ1) is 19.9. The second kappa shape index (κ2) is 7.64. The first-order valence-electron chi connectivity index (χ1n) is 8.87. The number of ether oxygens (including phenoxy) is 2. The summed E-state index contributed by atoms with van der Waals surface area (Å²) in [6.45, 7) is 3.59. The molecule has 148 valence electrons. The van der Waals surface area contributed by atoms with Crippen LogP contribution < -0.4 is 4.74 Å². The van der Waals surface area contributed by atoms with Crippen molar-refractivity contribution >= 4 is 15.8 Å². The van der Waals surface area contributed by atoms with Crippen molar-refractivity contribution in [3.05, 3.63) is 40.7 Å². The Morgan fingerprint density at radius 1 is 1.39 bits per heavy atom. The highest BCUT2D eigenvalue weighted by Gasteiger charge is 2.36. The van der Waals surface area contributed by atoms with Crippen LogP contribution in [0.5, 0.6) is 11.5 Å². The molecule has 0 N–H and O–H groups in total. The van der Waals surface area contributed by atoms with Crippen LogP contribution in [0.2, 0.25) is 0 Å². The number of aromatic nitrogens is 2. The number of esters is 1. The van der Waals surface area contributed by atoms with E-state index < -0.39 is 21.7 Å². The molecule has 1 aromatic carbocycles. The number of nitrogens with zero attached hydrogens (tertiary/aromatic N) is 3. The minimum atomic E-state index is -3.44. The van der Waals surface area contributed by atoms with Gasteiger partial charge in [0.25, 0.3) is 0 Å². The van der Waals surface area contributed by atoms with Gasteiger partial charge in [0.2, 0.25) is 0 Å². The Balaban J connectivity index is 2.10. The molecule has 0 amide bonds. The van der Waals surface area contributed by atoms with E-state index in [0.717, 1.165) is 29.3 Å². The Kier molecular flexibility index (Phi) is 5.42. The molecule has 0 saturated heterocycles. The van der Waals surface area contributed by atoms with Gasteiger partial charge in [-0.25, -0.2) is 17.9 Å². The second-order valence-corrected chi connectivity index (χ2v) is 8.91. The lowest BCUT2D eigenvalue weighted by molar-refractivity contribution is 0.0510. The minimum absolute atomic E-state index is 0.0174. The number of sulfone groups is 1. The van der Waals surface area contributed by atoms with Gasteiger partial charge in [0, 0.05) is 12.2 Å². The molecular formula is C19H21N3O5S. The van der Waals surface area contributed by atoms with Gasteiger partial charge in [-0.3, -0.25) is 0 Å². The molecule has 0 bridgehead atoms. The molecule has 1 saturated carbocycles. The molecule has 2 aromatic rings. The van der Waals surface area contributed by atoms with Gasteiger partial charge in [0.1, 0.15) is 17.3 Å². The molecule has 1 aliphatic rings. The Morgan fingerprint density at radius 3 is 2.64 bits per heavy atom. The van der Waals surface area contributed by atoms with Gasteiger partial charge in [-0.2, -0.15) is 10.4 Å². The summed E-state index contributed by atoms with van der Waals surface area (Å²) in [5.74, 6) is -0.373. The van der Waals surface area contributed by atoms with E-state index in [9.17, 15) is 13.2 Å². The molecule has 1 aliphatic carbocycles. The summed E-state index contributed by atoms with van der Waals surface area (Å²) in [6.07, 6.45) is 2.85. The lowest BCUT2D eigenvalue weighted by Gasteiger charge is -2.10. The van der Waals surface area contributed by atoms with Crippen LogP contribution in [-0.2, 0) is 20.5 Å². The lowest BCUT2D eigenvalue weighted by Crippen LogP contribution is -2.18. The van der Waals surface area contributed by atoms with Crippen molar-refractivity contribution in [2.24, 2.45) is 0 Å². The predicted molar refractivity (Wildman–Crippen MR) is 101 cm³/mol. The Bertz CT molecular complexity index is 1060. The Hall–Kier alpha value is -2.86. The van der Waals surface area contributed by atoms with Gasteiger partial charge in [0.05, 0.1) is 18.2 Å². The van der Waals surface area contributed by atoms with E-state index in [-0.39, 0.29) is 24.0 Å². The van der Waals surface area contributed by atoms with Crippen LogP contribution in [0.1, 0.15) is 53.0 Å². The summed E-state index contributed by atoms with van der Waals surface area (Å²) >= 11 is 0. The van der Waals surface area contributed by atoms with Gasteiger partial charge < -0.3 is 9.47 Å². The summed E-state index contributed by atoms with van der Waals surface area (Å²) in [6, 6.07) is 7.04. The maximum Gasteiger partial charge on any atom is 0.360 e. The first-order chi connectivity index (χ1) is 13.2. The lowest BCUT2D eigenvalue weighted by atomic mass is 10.1. The van der Waals surface area contributed by atoms with Crippen LogP contribution >= 0.6 is 0 Å². The van der Waals surface area contributed by atoms with E-state index in [1.54, 1.807) is 32.0 Å². The molecule has 28 heavy (non-hydrogen) atoms. The van der Waals surface area contributed by atoms with E-state index in [1.807, 2.05) is 0 Å². The van der Waals surface area contributed by atoms with Gasteiger partial charge in [-0.15, -0.1) is 0 Å². The van der Waals surface area contributed by atoms with Crippen molar-refractivity contribution in [2.45, 2.75) is 38.5 Å². The predicted octanol–water partition coefficient (Wildman–Crippen LogP) is 2.91. The number of benzene rings is 1. The van der Waals surface area contributed by atoms with Crippen molar-refractivity contribution in [1.29, 1.82) is 5.26 Å². The molecule has 1 aromatic heterocycles. The average Bonchev–Trinajstić information content (AvgIpc) is 3.38. The fraction of sp³-hybridized carbons (Fsp3) is 0.421. The fourth-order valence-corrected chi connectivity index (χ4v) is 3.48. The third-order valence-corrected chi connectivity index (χ3v) is 4.98. The molecular weight excluding hydrogens is 382 g/mol. The average molecular weight is 403 g/mol. The smallest absolute Gasteiger partial charge is 0.360 e. The molecule has 0 unspecified atom stereocenters. The van der Waals surface area contributed by atoms with Crippen LogP contribution in [0.25, 0.3) is 0 Å². The Morgan fingerprint density at radius 2 is 2.11 bits per heavy atom. The maximum absolute atomic E-state index is 12.6. The van der Waals surface area contributed by atoms with Crippen molar-refractivity contribution in [1.82, 2.24) is 9.78 Å². The molecule has 0 spiro atoms. The second-order valence-electron chi connectivity index (χ2n) is 6.80. The summed E-state index contributed by atoms with van der Waals surface area (Å²) in [4.78, 5) is 12.6. The van der Waals surface area contributed by atoms with E-state index in [2.05, 4.69) is 11.2 Å². The molecule has 1 fully saturated rings. The quantitative estimate of drug-likeness (QED) is 0.653. The third-order valence-electron chi connectivity index (χ3n) is 4.26. The van der Waals surface area contributed by atoms with Gasteiger partial charge >= 0.3 is 5.97 Å². The minimum Gasteiger partial charge on any atom is -0.461 e. The number of hydrogen-bond acceptors (Lipinski definition) is 7. The number of rotatable bonds is 7. The summed E-state index contributed by atoms with van der Waals surface area (Å²) < 4.78 is 35.9. The largest absolute Gasteiger partial charge is 0.461 e. The number of hydrogen-bond donors (Lipinski definition) is 0. The Labute approximate surface area is 163 Å². The first-order valence-corrected chi connectivity index (χ1v) is 10.9. The molecule has 3 rings (SSSR count). The zero-order valence-corrected chi connectivity index (χ0v) is 16.7. The molecule has 8 nitrogen and oxygen atoms in total. The SMILES string of the molecule is CCOC(=O)c1c(Oc2ccc(C#N)c(C)c2)c(C2CC2)nn1CS(C)(=O)=O. The summed E-state index contributed by atoms with van der Waals surface area (Å²) in [5.41, 5.74) is 1.78. The van der Waals surface area contributed by atoms with Crippen molar-refractivity contribution in [2.75, 3.05) is 12.9 Å². The highest BCUT2D eigenvalue weighted by Crippen LogP contribution is 2.46. The normalized spacial score (nSPS) is 13.8. The molecule has 0 atom stereocenters. The molecule has 0 aliphatic heterocycles. The van der Waals surface area contributed by atoms with Gasteiger partial charge in [-0.05, 0) is 50.5 Å². The van der Waals surface area contributed by atoms with Crippen LogP contribution in [0, 0.1) is 18.3 Å². The standard InChI is InChI=1S/C19H21N3O5S/c1-4-26-19(23)17-18(27-15-8-7-14(10-20)12(2)9-15)16(13-5-6-13)21-22(17)11-28(3,24)25/h7-9,13H,4-6,11H2,1-3H3. The van der Waals surface area contributed by atoms with Crippen molar-refractivity contribution in [3.8, 4) is 17.6 Å². The monoisotopic (exact) mass is 403 g/mol. The zero-order chi connectivity index (χ0) is 20.5. The van der Waals surface area contributed by atoms with E-state index in [1.165, 1.54) is 0 Å². The van der Waals surface area contributed by atoms with Crippen LogP contribution in [-0.4, -0.2) is 37.0 Å². The van der Waals surface area contributed by atoms with Crippen molar-refractivity contribution in [3.63, 3.8) is 0 Å².